The Morgan fingerprint density at radius 3 is 2.32 bits per heavy atom. The number of aliphatic hydroxyl groups is 1. The van der Waals surface area contributed by atoms with Crippen molar-refractivity contribution in [2.24, 2.45) is 5.73 Å². The molecule has 3 N–H and O–H groups in total. The van der Waals surface area contributed by atoms with Crippen LogP contribution in [0.3, 0.4) is 0 Å². The number of alkyl halides is 3. The number of carbonyl (C=O) groups excluding carboxylic acids is 2. The zero-order valence-corrected chi connectivity index (χ0v) is 22.6. The maximum atomic E-state index is 13.5. The van der Waals surface area contributed by atoms with Gasteiger partial charge in [0.1, 0.15) is 5.82 Å². The van der Waals surface area contributed by atoms with Gasteiger partial charge in [0.2, 0.25) is 0 Å². The van der Waals surface area contributed by atoms with Crippen LogP contribution >= 0.6 is 15.9 Å². The molecule has 0 spiro atoms. The van der Waals surface area contributed by atoms with Crippen LogP contribution in [0, 0.1) is 0 Å². The Balaban J connectivity index is 2.28. The van der Waals surface area contributed by atoms with Crippen LogP contribution in [0.4, 0.5) is 18.9 Å². The summed E-state index contributed by atoms with van der Waals surface area (Å²) in [6, 6.07) is 11.2. The normalized spacial score (nSPS) is 16.9. The predicted octanol–water partition coefficient (Wildman–Crippen LogP) is 5.39. The van der Waals surface area contributed by atoms with Crippen LogP contribution < -0.4 is 10.6 Å². The standard InChI is InChI=1S/C27H28BrF3N2O5/c1-4-37-25(35)21-16(3)33(20-7-5-6-18(14-20)27(29,30)31)24(32)23(26(36)38-13-12-15(2)34)22(21)17-8-10-19(28)11-9-17/h5-11,14-15,22,34H,4,12-13,32H2,1-3H3. The molecular weight excluding hydrogens is 569 g/mol. The molecule has 0 saturated carbocycles. The molecule has 3 rings (SSSR count). The Hall–Kier alpha value is -3.31. The van der Waals surface area contributed by atoms with E-state index in [0.29, 0.717) is 5.56 Å². The van der Waals surface area contributed by atoms with Crippen molar-refractivity contribution >= 4 is 33.6 Å². The van der Waals surface area contributed by atoms with Crippen molar-refractivity contribution in [3.63, 3.8) is 0 Å². The van der Waals surface area contributed by atoms with Crippen molar-refractivity contribution < 1.29 is 37.3 Å². The Morgan fingerprint density at radius 2 is 1.74 bits per heavy atom. The van der Waals surface area contributed by atoms with Crippen molar-refractivity contribution in [2.45, 2.75) is 45.4 Å². The minimum atomic E-state index is -4.63. The van der Waals surface area contributed by atoms with Crippen LogP contribution in [-0.4, -0.2) is 36.4 Å². The average Bonchev–Trinajstić information content (AvgIpc) is 2.83. The van der Waals surface area contributed by atoms with Gasteiger partial charge >= 0.3 is 18.1 Å². The molecule has 2 unspecified atom stereocenters. The van der Waals surface area contributed by atoms with Crippen LogP contribution in [0.15, 0.2) is 75.7 Å². The molecule has 1 aliphatic rings. The quantitative estimate of drug-likeness (QED) is 0.394. The zero-order valence-electron chi connectivity index (χ0n) is 21.0. The van der Waals surface area contributed by atoms with E-state index in [1.165, 1.54) is 30.9 Å². The number of anilines is 1. The Kier molecular flexibility index (Phi) is 9.26. The third-order valence-electron chi connectivity index (χ3n) is 5.94. The van der Waals surface area contributed by atoms with E-state index in [1.807, 2.05) is 0 Å². The molecule has 204 valence electrons. The highest BCUT2D eigenvalue weighted by Gasteiger charge is 2.42. The number of rotatable bonds is 8. The number of allylic oxidation sites excluding steroid dienone is 1. The number of aliphatic hydroxyl groups excluding tert-OH is 1. The van der Waals surface area contributed by atoms with Gasteiger partial charge in [-0.05, 0) is 56.7 Å². The maximum Gasteiger partial charge on any atom is 0.416 e. The van der Waals surface area contributed by atoms with Gasteiger partial charge in [0, 0.05) is 22.3 Å². The minimum absolute atomic E-state index is 0.000148. The minimum Gasteiger partial charge on any atom is -0.463 e. The third kappa shape index (κ3) is 6.39. The number of esters is 2. The van der Waals surface area contributed by atoms with E-state index < -0.39 is 35.7 Å². The summed E-state index contributed by atoms with van der Waals surface area (Å²) in [6.45, 7) is 4.57. The van der Waals surface area contributed by atoms with Gasteiger partial charge < -0.3 is 25.2 Å². The summed E-state index contributed by atoms with van der Waals surface area (Å²) in [5.41, 5.74) is 6.20. The SMILES string of the molecule is CCOC(=O)C1=C(C)N(c2cccc(C(F)(F)F)c2)C(N)=C(C(=O)OCCC(C)O)C1c1ccc(Br)cc1. The van der Waals surface area contributed by atoms with Crippen molar-refractivity contribution in [3.8, 4) is 0 Å². The van der Waals surface area contributed by atoms with Crippen molar-refractivity contribution in [1.29, 1.82) is 0 Å². The maximum absolute atomic E-state index is 13.5. The molecule has 0 fully saturated rings. The molecule has 1 aliphatic heterocycles. The molecule has 38 heavy (non-hydrogen) atoms. The molecule has 11 heteroatoms. The second-order valence-electron chi connectivity index (χ2n) is 8.66. The Labute approximate surface area is 226 Å². The molecule has 0 aromatic heterocycles. The molecular formula is C27H28BrF3N2O5. The molecule has 0 saturated heterocycles. The van der Waals surface area contributed by atoms with E-state index in [1.54, 1.807) is 31.2 Å². The molecule has 2 aromatic rings. The highest BCUT2D eigenvalue weighted by atomic mass is 79.9. The first kappa shape index (κ1) is 29.2. The van der Waals surface area contributed by atoms with Gasteiger partial charge in [-0.15, -0.1) is 0 Å². The summed E-state index contributed by atoms with van der Waals surface area (Å²) in [4.78, 5) is 28.0. The van der Waals surface area contributed by atoms with Crippen molar-refractivity contribution in [1.82, 2.24) is 0 Å². The molecule has 2 aromatic carbocycles. The molecule has 7 nitrogen and oxygen atoms in total. The van der Waals surface area contributed by atoms with Crippen molar-refractivity contribution in [3.05, 3.63) is 86.8 Å². The molecule has 0 bridgehead atoms. The van der Waals surface area contributed by atoms with E-state index in [-0.39, 0.29) is 48.0 Å². The van der Waals surface area contributed by atoms with Crippen LogP contribution in [0.5, 0.6) is 0 Å². The molecule has 1 heterocycles. The van der Waals surface area contributed by atoms with Crippen LogP contribution in [0.2, 0.25) is 0 Å². The fraction of sp³-hybridized carbons (Fsp3) is 0.333. The van der Waals surface area contributed by atoms with Crippen LogP contribution in [0.1, 0.15) is 44.2 Å². The summed E-state index contributed by atoms with van der Waals surface area (Å²) < 4.78 is 52.0. The molecule has 2 atom stereocenters. The zero-order chi connectivity index (χ0) is 28.2. The molecule has 0 aliphatic carbocycles. The fourth-order valence-electron chi connectivity index (χ4n) is 4.16. The third-order valence-corrected chi connectivity index (χ3v) is 6.47. The van der Waals surface area contributed by atoms with E-state index in [0.717, 1.165) is 16.6 Å². The Morgan fingerprint density at radius 1 is 1.11 bits per heavy atom. The van der Waals surface area contributed by atoms with Gasteiger partial charge in [0.25, 0.3) is 0 Å². The monoisotopic (exact) mass is 596 g/mol. The lowest BCUT2D eigenvalue weighted by atomic mass is 9.80. The van der Waals surface area contributed by atoms with Gasteiger partial charge in [-0.25, -0.2) is 9.59 Å². The van der Waals surface area contributed by atoms with Gasteiger partial charge in [-0.1, -0.05) is 34.1 Å². The number of benzene rings is 2. The summed E-state index contributed by atoms with van der Waals surface area (Å²) >= 11 is 3.36. The van der Waals surface area contributed by atoms with E-state index in [4.69, 9.17) is 15.2 Å². The van der Waals surface area contributed by atoms with Crippen LogP contribution in [0.25, 0.3) is 0 Å². The first-order valence-electron chi connectivity index (χ1n) is 11.8. The lowest BCUT2D eigenvalue weighted by Gasteiger charge is -2.37. The number of carbonyl (C=O) groups is 2. The first-order valence-corrected chi connectivity index (χ1v) is 12.6. The number of hydrogen-bond acceptors (Lipinski definition) is 7. The summed E-state index contributed by atoms with van der Waals surface area (Å²) in [6.07, 6.45) is -5.21. The topological polar surface area (TPSA) is 102 Å². The summed E-state index contributed by atoms with van der Waals surface area (Å²) in [7, 11) is 0. The lowest BCUT2D eigenvalue weighted by Crippen LogP contribution is -2.39. The van der Waals surface area contributed by atoms with E-state index in [2.05, 4.69) is 15.9 Å². The number of ether oxygens (including phenoxy) is 2. The number of halogens is 4. The summed E-state index contributed by atoms with van der Waals surface area (Å²) in [5, 5.41) is 9.57. The fourth-order valence-corrected chi connectivity index (χ4v) is 4.43. The largest absolute Gasteiger partial charge is 0.463 e. The number of hydrogen-bond donors (Lipinski definition) is 2. The predicted molar refractivity (Wildman–Crippen MR) is 139 cm³/mol. The highest BCUT2D eigenvalue weighted by Crippen LogP contribution is 2.44. The average molecular weight is 597 g/mol. The molecule has 0 radical (unpaired) electrons. The van der Waals surface area contributed by atoms with Gasteiger partial charge in [-0.3, -0.25) is 0 Å². The second-order valence-corrected chi connectivity index (χ2v) is 9.58. The lowest BCUT2D eigenvalue weighted by molar-refractivity contribution is -0.140. The first-order chi connectivity index (χ1) is 17.9. The van der Waals surface area contributed by atoms with E-state index >= 15 is 0 Å². The molecule has 0 amide bonds. The Bertz CT molecular complexity index is 1260. The smallest absolute Gasteiger partial charge is 0.416 e. The van der Waals surface area contributed by atoms with Gasteiger partial charge in [-0.2, -0.15) is 13.2 Å². The number of nitrogens with two attached hydrogens (primary N) is 1. The van der Waals surface area contributed by atoms with Crippen molar-refractivity contribution in [2.75, 3.05) is 18.1 Å². The van der Waals surface area contributed by atoms with Crippen LogP contribution in [-0.2, 0) is 25.2 Å². The van der Waals surface area contributed by atoms with Gasteiger partial charge in [0.15, 0.2) is 0 Å². The highest BCUT2D eigenvalue weighted by molar-refractivity contribution is 9.10. The second kappa shape index (κ2) is 12.0. The number of nitrogens with zero attached hydrogens (tertiary/aromatic N) is 1. The van der Waals surface area contributed by atoms with Gasteiger partial charge in [0.05, 0.1) is 41.9 Å². The summed E-state index contributed by atoms with van der Waals surface area (Å²) in [5.74, 6) is -2.84. The van der Waals surface area contributed by atoms with E-state index in [9.17, 15) is 27.9 Å².